The van der Waals surface area contributed by atoms with Crippen molar-refractivity contribution >= 4 is 6.03 Å². The molecule has 1 saturated carbocycles. The molecule has 154 valence electrons. The molecule has 29 heavy (non-hydrogen) atoms. The lowest BCUT2D eigenvalue weighted by atomic mass is 10.0. The van der Waals surface area contributed by atoms with E-state index in [1.807, 2.05) is 4.90 Å². The van der Waals surface area contributed by atoms with Crippen molar-refractivity contribution in [2.24, 2.45) is 0 Å². The summed E-state index contributed by atoms with van der Waals surface area (Å²) in [4.78, 5) is 21.4. The molecular weight excluding hydrogens is 367 g/mol. The minimum Gasteiger partial charge on any atom is -0.334 e. The molecular formula is C23H29FN4O. The first-order chi connectivity index (χ1) is 14.1. The molecule has 6 heteroatoms. The second-order valence-corrected chi connectivity index (χ2v) is 8.30. The molecule has 0 spiro atoms. The van der Waals surface area contributed by atoms with Crippen LogP contribution in [0, 0.1) is 5.82 Å². The fourth-order valence-electron chi connectivity index (χ4n) is 3.95. The van der Waals surface area contributed by atoms with Crippen LogP contribution >= 0.6 is 0 Å². The third-order valence-electron chi connectivity index (χ3n) is 5.98. The molecule has 0 bridgehead atoms. The van der Waals surface area contributed by atoms with Gasteiger partial charge < -0.3 is 15.1 Å². The molecule has 2 aromatic rings. The van der Waals surface area contributed by atoms with E-state index in [4.69, 9.17) is 0 Å². The first-order valence-electron chi connectivity index (χ1n) is 10.5. The molecule has 0 atom stereocenters. The molecule has 2 heterocycles. The summed E-state index contributed by atoms with van der Waals surface area (Å²) in [6, 6.07) is 11.7. The maximum Gasteiger partial charge on any atom is 0.318 e. The molecule has 1 aromatic carbocycles. The third-order valence-corrected chi connectivity index (χ3v) is 5.98. The van der Waals surface area contributed by atoms with Crippen molar-refractivity contribution < 1.29 is 9.18 Å². The summed E-state index contributed by atoms with van der Waals surface area (Å²) >= 11 is 0. The molecule has 1 aliphatic heterocycles. The summed E-state index contributed by atoms with van der Waals surface area (Å²) < 4.78 is 13.2. The molecule has 2 aliphatic rings. The summed E-state index contributed by atoms with van der Waals surface area (Å²) in [6.45, 7) is 2.83. The topological polar surface area (TPSA) is 48.5 Å². The fourth-order valence-corrected chi connectivity index (χ4v) is 3.95. The zero-order valence-corrected chi connectivity index (χ0v) is 17.0. The minimum atomic E-state index is -0.362. The number of rotatable bonds is 6. The van der Waals surface area contributed by atoms with Crippen LogP contribution in [0.3, 0.4) is 0 Å². The highest BCUT2D eigenvalue weighted by molar-refractivity contribution is 5.74. The number of urea groups is 1. The van der Waals surface area contributed by atoms with Crippen LogP contribution in [0.5, 0.6) is 0 Å². The maximum atomic E-state index is 13.2. The number of carbonyl (C=O) groups is 1. The van der Waals surface area contributed by atoms with Crippen LogP contribution in [-0.4, -0.2) is 47.0 Å². The van der Waals surface area contributed by atoms with E-state index in [-0.39, 0.29) is 17.9 Å². The summed E-state index contributed by atoms with van der Waals surface area (Å²) in [6.07, 6.45) is 5.65. The molecule has 0 unspecified atom stereocenters. The fraction of sp³-hybridized carbons (Fsp3) is 0.478. The van der Waals surface area contributed by atoms with Crippen molar-refractivity contribution in [3.05, 3.63) is 65.2 Å². The van der Waals surface area contributed by atoms with Crippen molar-refractivity contribution in [3.8, 4) is 0 Å². The molecule has 1 N–H and O–H groups in total. The number of pyridine rings is 1. The number of nitrogens with one attached hydrogen (secondary N) is 1. The van der Waals surface area contributed by atoms with Gasteiger partial charge in [-0.05, 0) is 75.0 Å². The van der Waals surface area contributed by atoms with Gasteiger partial charge in [0.25, 0.3) is 0 Å². The van der Waals surface area contributed by atoms with Gasteiger partial charge in [0.2, 0.25) is 0 Å². The maximum absolute atomic E-state index is 13.2. The predicted molar refractivity (Wildman–Crippen MR) is 111 cm³/mol. The highest BCUT2D eigenvalue weighted by Crippen LogP contribution is 2.39. The van der Waals surface area contributed by atoms with E-state index in [9.17, 15) is 9.18 Å². The number of hydrogen-bond acceptors (Lipinski definition) is 3. The molecule has 1 aromatic heterocycles. The normalized spacial score (nSPS) is 17.9. The Balaban J connectivity index is 1.40. The third kappa shape index (κ3) is 5.32. The van der Waals surface area contributed by atoms with Gasteiger partial charge in [0.15, 0.2) is 0 Å². The van der Waals surface area contributed by atoms with Gasteiger partial charge in [0.05, 0.1) is 18.4 Å². The molecule has 5 nitrogen and oxygen atoms in total. The van der Waals surface area contributed by atoms with E-state index in [0.29, 0.717) is 18.8 Å². The number of amides is 2. The van der Waals surface area contributed by atoms with E-state index in [1.165, 1.54) is 30.7 Å². The largest absolute Gasteiger partial charge is 0.334 e. The molecule has 4 rings (SSSR count). The Kier molecular flexibility index (Phi) is 6.09. The second-order valence-electron chi connectivity index (χ2n) is 8.30. The number of nitrogens with zero attached hydrogens (tertiary/aromatic N) is 3. The van der Waals surface area contributed by atoms with Crippen LogP contribution in [-0.2, 0) is 13.1 Å². The van der Waals surface area contributed by atoms with Crippen molar-refractivity contribution in [2.45, 2.75) is 50.7 Å². The first kappa shape index (κ1) is 19.8. The Hall–Kier alpha value is -2.47. The Morgan fingerprint density at radius 1 is 1.14 bits per heavy atom. The van der Waals surface area contributed by atoms with Gasteiger partial charge in [0, 0.05) is 12.6 Å². The van der Waals surface area contributed by atoms with Gasteiger partial charge in [-0.2, -0.15) is 0 Å². The number of aromatic nitrogens is 1. The van der Waals surface area contributed by atoms with Crippen LogP contribution < -0.4 is 5.32 Å². The van der Waals surface area contributed by atoms with Gasteiger partial charge in [-0.15, -0.1) is 0 Å². The number of halogens is 1. The second kappa shape index (κ2) is 8.91. The summed E-state index contributed by atoms with van der Waals surface area (Å²) in [5.41, 5.74) is 3.20. The Bertz CT molecular complexity index is 812. The van der Waals surface area contributed by atoms with Gasteiger partial charge in [-0.3, -0.25) is 4.98 Å². The van der Waals surface area contributed by atoms with E-state index < -0.39 is 0 Å². The Morgan fingerprint density at radius 3 is 2.48 bits per heavy atom. The lowest BCUT2D eigenvalue weighted by molar-refractivity contribution is 0.126. The summed E-state index contributed by atoms with van der Waals surface area (Å²) in [5.74, 6) is 0.375. The van der Waals surface area contributed by atoms with Crippen LogP contribution in [0.4, 0.5) is 9.18 Å². The molecule has 1 aliphatic carbocycles. The van der Waals surface area contributed by atoms with Gasteiger partial charge >= 0.3 is 6.03 Å². The predicted octanol–water partition coefficient (Wildman–Crippen LogP) is 3.90. The van der Waals surface area contributed by atoms with Crippen molar-refractivity contribution in [1.29, 1.82) is 0 Å². The monoisotopic (exact) mass is 396 g/mol. The van der Waals surface area contributed by atoms with E-state index in [2.05, 4.69) is 46.5 Å². The zero-order valence-electron chi connectivity index (χ0n) is 17.0. The quantitative estimate of drug-likeness (QED) is 0.806. The first-order valence-corrected chi connectivity index (χ1v) is 10.5. The average Bonchev–Trinajstić information content (AvgIpc) is 3.58. The molecule has 2 amide bonds. The van der Waals surface area contributed by atoms with Crippen molar-refractivity contribution in [3.63, 3.8) is 0 Å². The summed E-state index contributed by atoms with van der Waals surface area (Å²) in [7, 11) is 2.10. The standard InChI is InChI=1S/C23H29FN4O/c1-27-12-10-22(11-13-27)28(16-21-9-8-20(24)15-25-21)23(29)26-14-17-2-4-18(5-3-17)19-6-7-19/h2-5,8-9,15,19,22H,6-7,10-14,16H2,1H3,(H,26,29). The average molecular weight is 397 g/mol. The van der Waals surface area contributed by atoms with Crippen molar-refractivity contribution in [2.75, 3.05) is 20.1 Å². The van der Waals surface area contributed by atoms with E-state index >= 15 is 0 Å². The number of carbonyl (C=O) groups excluding carboxylic acids is 1. The van der Waals surface area contributed by atoms with Crippen molar-refractivity contribution in [1.82, 2.24) is 20.1 Å². The molecule has 2 fully saturated rings. The number of likely N-dealkylation sites (tertiary alicyclic amines) is 1. The SMILES string of the molecule is CN1CCC(N(Cc2ccc(F)cn2)C(=O)NCc2ccc(C3CC3)cc2)CC1. The van der Waals surface area contributed by atoms with Crippen LogP contribution in [0.2, 0.25) is 0 Å². The van der Waals surface area contributed by atoms with E-state index in [0.717, 1.165) is 37.4 Å². The van der Waals surface area contributed by atoms with Gasteiger partial charge in [0.1, 0.15) is 5.82 Å². The highest BCUT2D eigenvalue weighted by atomic mass is 19.1. The van der Waals surface area contributed by atoms with Crippen LogP contribution in [0.1, 0.15) is 48.4 Å². The number of benzene rings is 1. The Morgan fingerprint density at radius 2 is 1.86 bits per heavy atom. The lowest BCUT2D eigenvalue weighted by Gasteiger charge is -2.37. The van der Waals surface area contributed by atoms with Gasteiger partial charge in [-0.25, -0.2) is 9.18 Å². The van der Waals surface area contributed by atoms with Crippen LogP contribution in [0.25, 0.3) is 0 Å². The van der Waals surface area contributed by atoms with Gasteiger partial charge in [-0.1, -0.05) is 24.3 Å². The minimum absolute atomic E-state index is 0.0862. The lowest BCUT2D eigenvalue weighted by Crippen LogP contribution is -2.49. The molecule has 1 saturated heterocycles. The summed E-state index contributed by atoms with van der Waals surface area (Å²) in [5, 5.41) is 3.08. The number of piperidine rings is 1. The molecule has 0 radical (unpaired) electrons. The van der Waals surface area contributed by atoms with E-state index in [1.54, 1.807) is 6.07 Å². The zero-order chi connectivity index (χ0) is 20.2. The smallest absolute Gasteiger partial charge is 0.318 e. The van der Waals surface area contributed by atoms with Crippen LogP contribution in [0.15, 0.2) is 42.6 Å². The highest BCUT2D eigenvalue weighted by Gasteiger charge is 2.27. The Labute approximate surface area is 171 Å². The number of hydrogen-bond donors (Lipinski definition) is 1.